The van der Waals surface area contributed by atoms with E-state index in [1.807, 2.05) is 49.4 Å². The van der Waals surface area contributed by atoms with Crippen molar-refractivity contribution in [1.29, 1.82) is 0 Å². The molecule has 0 aliphatic rings. The highest BCUT2D eigenvalue weighted by atomic mass is 16.5. The van der Waals surface area contributed by atoms with Gasteiger partial charge in [-0.05, 0) is 36.8 Å². The van der Waals surface area contributed by atoms with Gasteiger partial charge in [0.15, 0.2) is 11.5 Å². The highest BCUT2D eigenvalue weighted by molar-refractivity contribution is 6.05. The van der Waals surface area contributed by atoms with E-state index in [0.717, 1.165) is 5.56 Å². The molecular weight excluding hydrogens is 382 g/mol. The number of rotatable bonds is 9. The zero-order chi connectivity index (χ0) is 21.3. The molecule has 1 N–H and O–H groups in total. The van der Waals surface area contributed by atoms with Gasteiger partial charge in [-0.25, -0.2) is 0 Å². The van der Waals surface area contributed by atoms with Crippen molar-refractivity contribution in [2.75, 3.05) is 26.1 Å². The molecule has 0 bridgehead atoms. The second kappa shape index (κ2) is 10.2. The van der Waals surface area contributed by atoms with Crippen LogP contribution in [0.4, 0.5) is 5.69 Å². The zero-order valence-corrected chi connectivity index (χ0v) is 17.3. The lowest BCUT2D eigenvalue weighted by Gasteiger charge is -2.17. The molecule has 0 atom stereocenters. The van der Waals surface area contributed by atoms with Crippen LogP contribution in [0.5, 0.6) is 23.0 Å². The number of amides is 1. The molecule has 0 spiro atoms. The van der Waals surface area contributed by atoms with Crippen molar-refractivity contribution < 1.29 is 23.7 Å². The molecule has 30 heavy (non-hydrogen) atoms. The highest BCUT2D eigenvalue weighted by Crippen LogP contribution is 2.39. The molecule has 3 aromatic rings. The summed E-state index contributed by atoms with van der Waals surface area (Å²) in [6.07, 6.45) is 0. The van der Waals surface area contributed by atoms with E-state index in [9.17, 15) is 4.79 Å². The minimum Gasteiger partial charge on any atom is -0.493 e. The van der Waals surface area contributed by atoms with Crippen molar-refractivity contribution in [3.8, 4) is 23.0 Å². The fraction of sp³-hybridized carbons (Fsp3) is 0.208. The number of carbonyl (C=O) groups excluding carboxylic acids is 1. The maximum atomic E-state index is 12.9. The Labute approximate surface area is 176 Å². The Bertz CT molecular complexity index is 963. The molecule has 0 aliphatic carbocycles. The Hall–Kier alpha value is -3.67. The van der Waals surface area contributed by atoms with Gasteiger partial charge in [0.1, 0.15) is 12.4 Å². The number of benzene rings is 3. The van der Waals surface area contributed by atoms with E-state index in [1.165, 1.54) is 14.2 Å². The van der Waals surface area contributed by atoms with Crippen LogP contribution in [0.15, 0.2) is 66.7 Å². The van der Waals surface area contributed by atoms with Gasteiger partial charge in [-0.1, -0.05) is 42.5 Å². The van der Waals surface area contributed by atoms with Crippen molar-refractivity contribution in [1.82, 2.24) is 0 Å². The molecule has 3 rings (SSSR count). The van der Waals surface area contributed by atoms with Crippen LogP contribution in [0, 0.1) is 0 Å². The summed E-state index contributed by atoms with van der Waals surface area (Å²) in [6.45, 7) is 2.74. The number of carbonyl (C=O) groups is 1. The summed E-state index contributed by atoms with van der Waals surface area (Å²) in [4.78, 5) is 12.9. The summed E-state index contributed by atoms with van der Waals surface area (Å²) < 4.78 is 22.5. The fourth-order valence-electron chi connectivity index (χ4n) is 2.93. The SMILES string of the molecule is CCOc1ccccc1NC(=O)c1cc(OC)c(OCc2ccccc2)c(OC)c1. The Morgan fingerprint density at radius 3 is 2.10 bits per heavy atom. The van der Waals surface area contributed by atoms with E-state index < -0.39 is 0 Å². The van der Waals surface area contributed by atoms with Gasteiger partial charge >= 0.3 is 0 Å². The van der Waals surface area contributed by atoms with Crippen molar-refractivity contribution in [3.05, 3.63) is 77.9 Å². The van der Waals surface area contributed by atoms with E-state index in [2.05, 4.69) is 5.32 Å². The Morgan fingerprint density at radius 1 is 0.833 bits per heavy atom. The maximum Gasteiger partial charge on any atom is 0.256 e. The van der Waals surface area contributed by atoms with Gasteiger partial charge in [0.05, 0.1) is 26.5 Å². The van der Waals surface area contributed by atoms with E-state index in [4.69, 9.17) is 18.9 Å². The lowest BCUT2D eigenvalue weighted by Crippen LogP contribution is -2.13. The molecule has 0 fully saturated rings. The Balaban J connectivity index is 1.84. The number of nitrogens with one attached hydrogen (secondary N) is 1. The third kappa shape index (κ3) is 5.03. The van der Waals surface area contributed by atoms with Crippen molar-refractivity contribution in [2.45, 2.75) is 13.5 Å². The van der Waals surface area contributed by atoms with Gasteiger partial charge in [0, 0.05) is 5.56 Å². The van der Waals surface area contributed by atoms with Gasteiger partial charge in [0.2, 0.25) is 5.75 Å². The van der Waals surface area contributed by atoms with Crippen molar-refractivity contribution >= 4 is 11.6 Å². The summed E-state index contributed by atoms with van der Waals surface area (Å²) in [6, 6.07) is 20.3. The van der Waals surface area contributed by atoms with E-state index >= 15 is 0 Å². The minimum absolute atomic E-state index is 0.312. The first-order chi connectivity index (χ1) is 14.7. The number of para-hydroxylation sites is 2. The minimum atomic E-state index is -0.312. The highest BCUT2D eigenvalue weighted by Gasteiger charge is 2.19. The molecule has 3 aromatic carbocycles. The monoisotopic (exact) mass is 407 g/mol. The topological polar surface area (TPSA) is 66.0 Å². The Kier molecular flexibility index (Phi) is 7.16. The van der Waals surface area contributed by atoms with E-state index in [0.29, 0.717) is 47.5 Å². The van der Waals surface area contributed by atoms with Gasteiger partial charge in [-0.3, -0.25) is 4.79 Å². The molecule has 0 saturated carbocycles. The molecule has 0 radical (unpaired) electrons. The van der Waals surface area contributed by atoms with Crippen LogP contribution in [-0.4, -0.2) is 26.7 Å². The van der Waals surface area contributed by atoms with Crippen LogP contribution in [0.3, 0.4) is 0 Å². The third-order valence-corrected chi connectivity index (χ3v) is 4.38. The molecule has 1 amide bonds. The maximum absolute atomic E-state index is 12.9. The lowest BCUT2D eigenvalue weighted by atomic mass is 10.1. The van der Waals surface area contributed by atoms with Crippen LogP contribution in [-0.2, 0) is 6.61 Å². The van der Waals surface area contributed by atoms with Gasteiger partial charge in [-0.15, -0.1) is 0 Å². The second-order valence-corrected chi connectivity index (χ2v) is 6.37. The quantitative estimate of drug-likeness (QED) is 0.545. The first kappa shape index (κ1) is 21.0. The molecule has 6 heteroatoms. The molecule has 0 unspecified atom stereocenters. The number of methoxy groups -OCH3 is 2. The number of ether oxygens (including phenoxy) is 4. The molecule has 0 heterocycles. The van der Waals surface area contributed by atoms with Gasteiger partial charge in [0.25, 0.3) is 5.91 Å². The first-order valence-electron chi connectivity index (χ1n) is 9.62. The van der Waals surface area contributed by atoms with Crippen LogP contribution >= 0.6 is 0 Å². The molecule has 0 aliphatic heterocycles. The molecular formula is C24H25NO5. The van der Waals surface area contributed by atoms with Crippen LogP contribution < -0.4 is 24.3 Å². The van der Waals surface area contributed by atoms with Crippen LogP contribution in [0.1, 0.15) is 22.8 Å². The molecule has 0 saturated heterocycles. The summed E-state index contributed by atoms with van der Waals surface area (Å²) >= 11 is 0. The molecule has 156 valence electrons. The van der Waals surface area contributed by atoms with Crippen LogP contribution in [0.2, 0.25) is 0 Å². The predicted octanol–water partition coefficient (Wildman–Crippen LogP) is 4.93. The Morgan fingerprint density at radius 2 is 1.47 bits per heavy atom. The zero-order valence-electron chi connectivity index (χ0n) is 17.3. The number of anilines is 1. The second-order valence-electron chi connectivity index (χ2n) is 6.37. The number of hydrogen-bond acceptors (Lipinski definition) is 5. The van der Waals surface area contributed by atoms with Gasteiger partial charge < -0.3 is 24.3 Å². The molecule has 6 nitrogen and oxygen atoms in total. The first-order valence-corrected chi connectivity index (χ1v) is 9.62. The summed E-state index contributed by atoms with van der Waals surface area (Å²) in [7, 11) is 3.05. The average Bonchev–Trinajstić information content (AvgIpc) is 2.79. The standard InChI is InChI=1S/C24H25NO5/c1-4-29-20-13-9-8-12-19(20)25-24(26)18-14-21(27-2)23(22(15-18)28-3)30-16-17-10-6-5-7-11-17/h5-15H,4,16H2,1-3H3,(H,25,26). The third-order valence-electron chi connectivity index (χ3n) is 4.38. The predicted molar refractivity (Wildman–Crippen MR) is 116 cm³/mol. The van der Waals surface area contributed by atoms with Crippen molar-refractivity contribution in [2.24, 2.45) is 0 Å². The smallest absolute Gasteiger partial charge is 0.256 e. The van der Waals surface area contributed by atoms with Crippen LogP contribution in [0.25, 0.3) is 0 Å². The number of hydrogen-bond donors (Lipinski definition) is 1. The summed E-state index contributed by atoms with van der Waals surface area (Å²) in [5, 5.41) is 2.88. The lowest BCUT2D eigenvalue weighted by molar-refractivity contribution is 0.102. The van der Waals surface area contributed by atoms with Crippen molar-refractivity contribution in [3.63, 3.8) is 0 Å². The fourth-order valence-corrected chi connectivity index (χ4v) is 2.93. The summed E-state index contributed by atoms with van der Waals surface area (Å²) in [5.74, 6) is 1.56. The molecule has 0 aromatic heterocycles. The van der Waals surface area contributed by atoms with Gasteiger partial charge in [-0.2, -0.15) is 0 Å². The average molecular weight is 407 g/mol. The van der Waals surface area contributed by atoms with E-state index in [1.54, 1.807) is 24.3 Å². The summed E-state index contributed by atoms with van der Waals surface area (Å²) in [5.41, 5.74) is 1.98. The van der Waals surface area contributed by atoms with E-state index in [-0.39, 0.29) is 5.91 Å². The normalized spacial score (nSPS) is 10.2. The largest absolute Gasteiger partial charge is 0.493 e.